The van der Waals surface area contributed by atoms with Crippen LogP contribution < -0.4 is 5.32 Å². The van der Waals surface area contributed by atoms with E-state index in [1.807, 2.05) is 23.5 Å². The summed E-state index contributed by atoms with van der Waals surface area (Å²) in [5, 5.41) is 10.3. The Balaban J connectivity index is 0.00000225. The van der Waals surface area contributed by atoms with Gasteiger partial charge in [-0.05, 0) is 17.5 Å². The van der Waals surface area contributed by atoms with Crippen LogP contribution in [0.25, 0.3) is 10.6 Å². The van der Waals surface area contributed by atoms with Gasteiger partial charge in [0.1, 0.15) is 10.7 Å². The maximum Gasteiger partial charge on any atom is 0.273 e. The summed E-state index contributed by atoms with van der Waals surface area (Å²) < 4.78 is 1.74. The fourth-order valence-electron chi connectivity index (χ4n) is 3.40. The molecule has 1 aliphatic rings. The average Bonchev–Trinajstić information content (AvgIpc) is 3.36. The number of aromatic nitrogens is 3. The lowest BCUT2D eigenvalue weighted by molar-refractivity contribution is 0.0629. The van der Waals surface area contributed by atoms with Crippen molar-refractivity contribution in [2.24, 2.45) is 7.05 Å². The summed E-state index contributed by atoms with van der Waals surface area (Å²) in [5.41, 5.74) is 3.92. The molecule has 3 heterocycles. The van der Waals surface area contributed by atoms with Crippen molar-refractivity contribution in [2.75, 3.05) is 19.6 Å². The number of nitrogens with one attached hydrogen (secondary N) is 1. The van der Waals surface area contributed by atoms with Crippen LogP contribution >= 0.6 is 23.7 Å². The van der Waals surface area contributed by atoms with Crippen LogP contribution in [-0.4, -0.2) is 45.2 Å². The van der Waals surface area contributed by atoms with Crippen LogP contribution in [0.2, 0.25) is 0 Å². The predicted octanol–water partition coefficient (Wildman–Crippen LogP) is 3.31. The number of amides is 1. The topological polar surface area (TPSA) is 63.1 Å². The van der Waals surface area contributed by atoms with Gasteiger partial charge in [0, 0.05) is 43.8 Å². The molecule has 1 fully saturated rings. The first-order valence-corrected chi connectivity index (χ1v) is 10.1. The highest BCUT2D eigenvalue weighted by Gasteiger charge is 2.30. The number of carbonyl (C=O) groups is 1. The Morgan fingerprint density at radius 1 is 1.32 bits per heavy atom. The molecule has 1 aliphatic heterocycles. The highest BCUT2D eigenvalue weighted by Crippen LogP contribution is 2.27. The van der Waals surface area contributed by atoms with E-state index in [9.17, 15) is 4.79 Å². The van der Waals surface area contributed by atoms with Crippen molar-refractivity contribution in [3.05, 3.63) is 58.9 Å². The Bertz CT molecular complexity index is 936. The first-order chi connectivity index (χ1) is 13.2. The standard InChI is InChI=1S/C20H23N5OS.ClH/c1-3-14-4-6-15(7-5-14)18-11-21-8-9-25(18)20(26)17-13-27-19(23-17)16-10-22-24(2)12-16;/h4-7,10,12-13,18,21H,3,8-9,11H2,1-2H3;1H. The van der Waals surface area contributed by atoms with E-state index in [1.54, 1.807) is 10.9 Å². The molecule has 0 radical (unpaired) electrons. The Morgan fingerprint density at radius 3 is 2.79 bits per heavy atom. The van der Waals surface area contributed by atoms with E-state index in [0.29, 0.717) is 12.2 Å². The zero-order valence-electron chi connectivity index (χ0n) is 16.0. The van der Waals surface area contributed by atoms with Gasteiger partial charge < -0.3 is 10.2 Å². The van der Waals surface area contributed by atoms with Gasteiger partial charge in [0.05, 0.1) is 12.2 Å². The summed E-state index contributed by atoms with van der Waals surface area (Å²) in [6.07, 6.45) is 4.70. The van der Waals surface area contributed by atoms with E-state index >= 15 is 0 Å². The third-order valence-corrected chi connectivity index (χ3v) is 5.84. The highest BCUT2D eigenvalue weighted by atomic mass is 35.5. The third-order valence-electron chi connectivity index (χ3n) is 4.95. The van der Waals surface area contributed by atoms with Crippen molar-refractivity contribution in [2.45, 2.75) is 19.4 Å². The van der Waals surface area contributed by atoms with Crippen LogP contribution in [0.5, 0.6) is 0 Å². The maximum absolute atomic E-state index is 13.2. The molecule has 0 spiro atoms. The molecule has 3 aromatic rings. The van der Waals surface area contributed by atoms with Crippen molar-refractivity contribution in [3.63, 3.8) is 0 Å². The molecule has 0 bridgehead atoms. The smallest absolute Gasteiger partial charge is 0.273 e. The summed E-state index contributed by atoms with van der Waals surface area (Å²) in [7, 11) is 1.87. The molecule has 4 rings (SSSR count). The van der Waals surface area contributed by atoms with E-state index in [2.05, 4.69) is 46.6 Å². The van der Waals surface area contributed by atoms with Crippen LogP contribution in [-0.2, 0) is 13.5 Å². The van der Waals surface area contributed by atoms with E-state index in [1.165, 1.54) is 16.9 Å². The Hall–Kier alpha value is -2.22. The maximum atomic E-state index is 13.2. The molecule has 1 N–H and O–H groups in total. The minimum atomic E-state index is -0.00698. The second-order valence-electron chi connectivity index (χ2n) is 6.75. The van der Waals surface area contributed by atoms with Crippen LogP contribution in [0, 0.1) is 0 Å². The molecular weight excluding hydrogens is 394 g/mol. The van der Waals surface area contributed by atoms with Gasteiger partial charge in [0.2, 0.25) is 0 Å². The molecule has 0 saturated carbocycles. The number of benzene rings is 1. The first-order valence-electron chi connectivity index (χ1n) is 9.20. The monoisotopic (exact) mass is 417 g/mol. The van der Waals surface area contributed by atoms with Gasteiger partial charge in [-0.2, -0.15) is 5.10 Å². The third kappa shape index (κ3) is 4.11. The van der Waals surface area contributed by atoms with Gasteiger partial charge in [-0.15, -0.1) is 23.7 Å². The summed E-state index contributed by atoms with van der Waals surface area (Å²) in [5.74, 6) is -0.00698. The van der Waals surface area contributed by atoms with Gasteiger partial charge in [0.25, 0.3) is 5.91 Å². The number of nitrogens with zero attached hydrogens (tertiary/aromatic N) is 4. The molecule has 1 saturated heterocycles. The second-order valence-corrected chi connectivity index (χ2v) is 7.61. The molecule has 148 valence electrons. The van der Waals surface area contributed by atoms with Gasteiger partial charge in [-0.3, -0.25) is 9.48 Å². The van der Waals surface area contributed by atoms with Gasteiger partial charge in [-0.25, -0.2) is 4.98 Å². The fraction of sp³-hybridized carbons (Fsp3) is 0.350. The van der Waals surface area contributed by atoms with E-state index in [-0.39, 0.29) is 24.4 Å². The number of halogens is 1. The molecule has 1 unspecified atom stereocenters. The Morgan fingerprint density at radius 2 is 2.11 bits per heavy atom. The SMILES string of the molecule is CCc1ccc(C2CNCCN2C(=O)c2csc(-c3cnn(C)c3)n2)cc1.Cl. The van der Waals surface area contributed by atoms with E-state index in [0.717, 1.165) is 35.6 Å². The van der Waals surface area contributed by atoms with Crippen LogP contribution in [0.4, 0.5) is 0 Å². The molecule has 8 heteroatoms. The summed E-state index contributed by atoms with van der Waals surface area (Å²) in [6, 6.07) is 8.60. The zero-order valence-corrected chi connectivity index (χ0v) is 17.6. The van der Waals surface area contributed by atoms with Crippen molar-refractivity contribution in [3.8, 4) is 10.6 Å². The van der Waals surface area contributed by atoms with Gasteiger partial charge in [-0.1, -0.05) is 31.2 Å². The molecule has 1 aromatic carbocycles. The molecule has 1 atom stereocenters. The van der Waals surface area contributed by atoms with Gasteiger partial charge in [0.15, 0.2) is 0 Å². The number of carbonyl (C=O) groups excluding carboxylic acids is 1. The van der Waals surface area contributed by atoms with Crippen molar-refractivity contribution >= 4 is 29.7 Å². The summed E-state index contributed by atoms with van der Waals surface area (Å²) in [4.78, 5) is 19.7. The molecule has 0 aliphatic carbocycles. The van der Waals surface area contributed by atoms with E-state index < -0.39 is 0 Å². The predicted molar refractivity (Wildman–Crippen MR) is 114 cm³/mol. The zero-order chi connectivity index (χ0) is 18.8. The quantitative estimate of drug-likeness (QED) is 0.707. The number of rotatable bonds is 4. The summed E-state index contributed by atoms with van der Waals surface area (Å²) in [6.45, 7) is 4.39. The van der Waals surface area contributed by atoms with Crippen LogP contribution in [0.1, 0.15) is 34.6 Å². The van der Waals surface area contributed by atoms with Crippen molar-refractivity contribution < 1.29 is 4.79 Å². The number of thiazole rings is 1. The van der Waals surface area contributed by atoms with Gasteiger partial charge >= 0.3 is 0 Å². The van der Waals surface area contributed by atoms with Crippen molar-refractivity contribution in [1.29, 1.82) is 0 Å². The summed E-state index contributed by atoms with van der Waals surface area (Å²) >= 11 is 1.48. The lowest BCUT2D eigenvalue weighted by Gasteiger charge is -2.36. The molecule has 28 heavy (non-hydrogen) atoms. The first kappa shape index (κ1) is 20.5. The lowest BCUT2D eigenvalue weighted by atomic mass is 10.0. The van der Waals surface area contributed by atoms with Crippen LogP contribution in [0.3, 0.4) is 0 Å². The number of hydrogen-bond acceptors (Lipinski definition) is 5. The molecule has 1 amide bonds. The fourth-order valence-corrected chi connectivity index (χ4v) is 4.17. The minimum Gasteiger partial charge on any atom is -0.328 e. The minimum absolute atomic E-state index is 0. The Labute approximate surface area is 175 Å². The molecule has 2 aromatic heterocycles. The van der Waals surface area contributed by atoms with E-state index in [4.69, 9.17) is 0 Å². The van der Waals surface area contributed by atoms with Crippen LogP contribution in [0.15, 0.2) is 42.0 Å². The Kier molecular flexibility index (Phi) is 6.49. The lowest BCUT2D eigenvalue weighted by Crippen LogP contribution is -2.48. The molecule has 6 nitrogen and oxygen atoms in total. The molecular formula is C20H24ClN5OS. The number of aryl methyl sites for hydroxylation is 2. The second kappa shape index (κ2) is 8.86. The largest absolute Gasteiger partial charge is 0.328 e. The number of piperazine rings is 1. The normalized spacial score (nSPS) is 16.6. The van der Waals surface area contributed by atoms with Crippen molar-refractivity contribution in [1.82, 2.24) is 25.0 Å². The number of hydrogen-bond donors (Lipinski definition) is 1. The average molecular weight is 418 g/mol. The highest BCUT2D eigenvalue weighted by molar-refractivity contribution is 7.13.